The minimum atomic E-state index is -1.01. The molecular formula is C24H27NO. The molecule has 0 saturated carbocycles. The van der Waals surface area contributed by atoms with Crippen LogP contribution in [0.3, 0.4) is 0 Å². The molecule has 0 aliphatic carbocycles. The summed E-state index contributed by atoms with van der Waals surface area (Å²) < 4.78 is 0. The molecule has 1 unspecified atom stereocenters. The molecule has 26 heavy (non-hydrogen) atoms. The molecule has 0 amide bonds. The van der Waals surface area contributed by atoms with Gasteiger partial charge in [0.15, 0.2) is 0 Å². The van der Waals surface area contributed by atoms with E-state index in [0.717, 1.165) is 30.6 Å². The summed E-state index contributed by atoms with van der Waals surface area (Å²) >= 11 is 0. The van der Waals surface area contributed by atoms with Crippen LogP contribution in [0.5, 0.6) is 0 Å². The van der Waals surface area contributed by atoms with E-state index in [4.69, 9.17) is 0 Å². The Morgan fingerprint density at radius 1 is 0.769 bits per heavy atom. The second-order valence-electron chi connectivity index (χ2n) is 6.84. The van der Waals surface area contributed by atoms with Gasteiger partial charge < -0.3 is 10.4 Å². The third kappa shape index (κ3) is 4.21. The lowest BCUT2D eigenvalue weighted by Gasteiger charge is -2.35. The van der Waals surface area contributed by atoms with Gasteiger partial charge in [0.25, 0.3) is 0 Å². The number of aliphatic hydroxyl groups is 1. The molecule has 3 rings (SSSR count). The normalized spacial score (nSPS) is 12.7. The van der Waals surface area contributed by atoms with E-state index in [1.165, 1.54) is 5.56 Å². The van der Waals surface area contributed by atoms with Gasteiger partial charge in [0.05, 0.1) is 0 Å². The van der Waals surface area contributed by atoms with Crippen molar-refractivity contribution < 1.29 is 5.11 Å². The molecule has 0 heterocycles. The van der Waals surface area contributed by atoms with Crippen molar-refractivity contribution in [3.8, 4) is 0 Å². The molecule has 2 N–H and O–H groups in total. The summed E-state index contributed by atoms with van der Waals surface area (Å²) in [6.07, 6.45) is 0.989. The Morgan fingerprint density at radius 3 is 1.73 bits per heavy atom. The van der Waals surface area contributed by atoms with E-state index in [-0.39, 0.29) is 5.92 Å². The van der Waals surface area contributed by atoms with Crippen molar-refractivity contribution >= 4 is 0 Å². The summed E-state index contributed by atoms with van der Waals surface area (Å²) in [5.74, 6) is 0.0306. The Labute approximate surface area is 156 Å². The highest BCUT2D eigenvalue weighted by Crippen LogP contribution is 2.36. The van der Waals surface area contributed by atoms with Crippen LogP contribution in [-0.4, -0.2) is 18.2 Å². The zero-order chi connectivity index (χ0) is 18.2. The third-order valence-corrected chi connectivity index (χ3v) is 5.02. The number of benzene rings is 3. The first-order valence-electron chi connectivity index (χ1n) is 9.29. The summed E-state index contributed by atoms with van der Waals surface area (Å²) in [5.41, 5.74) is 2.18. The molecule has 3 aromatic carbocycles. The van der Waals surface area contributed by atoms with Crippen LogP contribution in [-0.2, 0) is 12.0 Å². The Bertz CT molecular complexity index is 732. The molecular weight excluding hydrogens is 318 g/mol. The van der Waals surface area contributed by atoms with E-state index in [9.17, 15) is 5.11 Å². The van der Waals surface area contributed by atoms with Crippen LogP contribution in [0.25, 0.3) is 0 Å². The van der Waals surface area contributed by atoms with Crippen LogP contribution in [0.2, 0.25) is 0 Å². The second-order valence-corrected chi connectivity index (χ2v) is 6.84. The largest absolute Gasteiger partial charge is 0.380 e. The molecule has 0 aliphatic rings. The van der Waals surface area contributed by atoms with E-state index in [1.54, 1.807) is 0 Å². The first kappa shape index (κ1) is 18.4. The zero-order valence-electron chi connectivity index (χ0n) is 15.3. The number of nitrogens with one attached hydrogen (secondary N) is 1. The van der Waals surface area contributed by atoms with Gasteiger partial charge in [0.1, 0.15) is 5.60 Å². The van der Waals surface area contributed by atoms with Gasteiger partial charge in [-0.25, -0.2) is 0 Å². The predicted molar refractivity (Wildman–Crippen MR) is 108 cm³/mol. The lowest BCUT2D eigenvalue weighted by Crippen LogP contribution is -2.40. The van der Waals surface area contributed by atoms with E-state index in [0.29, 0.717) is 0 Å². The van der Waals surface area contributed by atoms with Gasteiger partial charge in [-0.2, -0.15) is 0 Å². The van der Waals surface area contributed by atoms with E-state index < -0.39 is 5.60 Å². The topological polar surface area (TPSA) is 32.3 Å². The Kier molecular flexibility index (Phi) is 6.21. The van der Waals surface area contributed by atoms with Crippen LogP contribution >= 0.6 is 0 Å². The van der Waals surface area contributed by atoms with Crippen molar-refractivity contribution in [1.82, 2.24) is 5.32 Å². The highest BCUT2D eigenvalue weighted by molar-refractivity contribution is 5.36. The Balaban J connectivity index is 1.71. The first-order chi connectivity index (χ1) is 12.7. The van der Waals surface area contributed by atoms with Crippen LogP contribution in [0.1, 0.15) is 23.6 Å². The van der Waals surface area contributed by atoms with Crippen molar-refractivity contribution in [3.05, 3.63) is 108 Å². The average Bonchev–Trinajstić information content (AvgIpc) is 2.72. The fraction of sp³-hybridized carbons (Fsp3) is 0.250. The number of hydrogen-bond donors (Lipinski definition) is 2. The van der Waals surface area contributed by atoms with Crippen molar-refractivity contribution in [2.24, 2.45) is 5.92 Å². The van der Waals surface area contributed by atoms with E-state index in [1.807, 2.05) is 66.7 Å². The molecule has 0 saturated heterocycles. The average molecular weight is 345 g/mol. The van der Waals surface area contributed by atoms with Crippen LogP contribution in [0, 0.1) is 5.92 Å². The standard InChI is InChI=1S/C24H27NO/c1-20(19-25-18-17-21-11-5-2-6-12-21)24(26,22-13-7-3-8-14-22)23-15-9-4-10-16-23/h2-16,20,25-26H,17-19H2,1H3. The van der Waals surface area contributed by atoms with Crippen LogP contribution in [0.15, 0.2) is 91.0 Å². The van der Waals surface area contributed by atoms with Gasteiger partial charge in [0, 0.05) is 12.5 Å². The zero-order valence-corrected chi connectivity index (χ0v) is 15.3. The molecule has 0 fully saturated rings. The summed E-state index contributed by atoms with van der Waals surface area (Å²) in [6, 6.07) is 30.4. The summed E-state index contributed by atoms with van der Waals surface area (Å²) in [7, 11) is 0. The van der Waals surface area contributed by atoms with Gasteiger partial charge in [0.2, 0.25) is 0 Å². The minimum absolute atomic E-state index is 0.0306. The second kappa shape index (κ2) is 8.79. The molecule has 0 spiro atoms. The van der Waals surface area contributed by atoms with Crippen molar-refractivity contribution in [3.63, 3.8) is 0 Å². The monoisotopic (exact) mass is 345 g/mol. The fourth-order valence-corrected chi connectivity index (χ4v) is 3.46. The molecule has 0 bridgehead atoms. The van der Waals surface area contributed by atoms with Gasteiger partial charge in [-0.3, -0.25) is 0 Å². The SMILES string of the molecule is CC(CNCCc1ccccc1)C(O)(c1ccccc1)c1ccccc1. The maximum Gasteiger partial charge on any atom is 0.118 e. The molecule has 134 valence electrons. The molecule has 0 radical (unpaired) electrons. The van der Waals surface area contributed by atoms with Gasteiger partial charge in [-0.1, -0.05) is 97.9 Å². The molecule has 0 aliphatic heterocycles. The lowest BCUT2D eigenvalue weighted by atomic mass is 9.77. The van der Waals surface area contributed by atoms with Crippen LogP contribution < -0.4 is 5.32 Å². The molecule has 2 nitrogen and oxygen atoms in total. The van der Waals surface area contributed by atoms with Gasteiger partial charge in [-0.15, -0.1) is 0 Å². The number of rotatable bonds is 8. The molecule has 0 aromatic heterocycles. The molecule has 3 aromatic rings. The predicted octanol–water partition coefficient (Wildman–Crippen LogP) is 4.39. The van der Waals surface area contributed by atoms with Gasteiger partial charge in [-0.05, 0) is 29.7 Å². The summed E-state index contributed by atoms with van der Waals surface area (Å²) in [4.78, 5) is 0. The first-order valence-corrected chi connectivity index (χ1v) is 9.29. The minimum Gasteiger partial charge on any atom is -0.380 e. The van der Waals surface area contributed by atoms with Crippen LogP contribution in [0.4, 0.5) is 0 Å². The highest BCUT2D eigenvalue weighted by Gasteiger charge is 2.37. The quantitative estimate of drug-likeness (QED) is 0.594. The van der Waals surface area contributed by atoms with Crippen molar-refractivity contribution in [2.75, 3.05) is 13.1 Å². The Hall–Kier alpha value is -2.42. The van der Waals surface area contributed by atoms with Gasteiger partial charge >= 0.3 is 0 Å². The molecule has 1 atom stereocenters. The van der Waals surface area contributed by atoms with Crippen molar-refractivity contribution in [2.45, 2.75) is 18.9 Å². The van der Waals surface area contributed by atoms with E-state index >= 15 is 0 Å². The maximum absolute atomic E-state index is 11.7. The highest BCUT2D eigenvalue weighted by atomic mass is 16.3. The fourth-order valence-electron chi connectivity index (χ4n) is 3.46. The Morgan fingerprint density at radius 2 is 1.23 bits per heavy atom. The maximum atomic E-state index is 11.7. The third-order valence-electron chi connectivity index (χ3n) is 5.02. The molecule has 2 heteroatoms. The number of hydrogen-bond acceptors (Lipinski definition) is 2. The summed E-state index contributed by atoms with van der Waals surface area (Å²) in [5, 5.41) is 15.2. The lowest BCUT2D eigenvalue weighted by molar-refractivity contribution is 0.0242. The van der Waals surface area contributed by atoms with E-state index in [2.05, 4.69) is 36.5 Å². The smallest absolute Gasteiger partial charge is 0.118 e. The van der Waals surface area contributed by atoms with Crippen molar-refractivity contribution in [1.29, 1.82) is 0 Å². The summed E-state index contributed by atoms with van der Waals surface area (Å²) in [6.45, 7) is 3.75.